The minimum absolute atomic E-state index is 0. The van der Waals surface area contributed by atoms with Gasteiger partial charge in [0.25, 0.3) is 0 Å². The molecule has 0 amide bonds. The zero-order valence-electron chi connectivity index (χ0n) is 5.06. The third-order valence-electron chi connectivity index (χ3n) is 1.57. The molecule has 0 aromatic rings. The number of aliphatic hydroxyl groups is 1. The van der Waals surface area contributed by atoms with Crippen molar-refractivity contribution in [2.24, 2.45) is 0 Å². The zero-order valence-corrected chi connectivity index (χ0v) is 9.22. The monoisotopic (exact) mass is 338 g/mol. The van der Waals surface area contributed by atoms with Gasteiger partial charge in [-0.15, -0.1) is 0 Å². The van der Waals surface area contributed by atoms with E-state index in [0.717, 1.165) is 12.8 Å². The number of hydrogen-bond donors (Lipinski definition) is 1. The van der Waals surface area contributed by atoms with Crippen molar-refractivity contribution in [2.45, 2.75) is 38.2 Å². The molecule has 1 N–H and O–H groups in total. The number of rotatable bonds is 0. The molecule has 1 nitrogen and oxygen atoms in total. The predicted molar refractivity (Wildman–Crippen MR) is 29.1 cm³/mol. The molecule has 0 aliphatic heterocycles. The van der Waals surface area contributed by atoms with Crippen LogP contribution in [0.15, 0.2) is 0 Å². The minimum Gasteiger partial charge on any atom is -0.393 e. The number of aliphatic hydroxyl groups excluding tert-OH is 1. The van der Waals surface area contributed by atoms with Gasteiger partial charge in [0.2, 0.25) is 0 Å². The van der Waals surface area contributed by atoms with Gasteiger partial charge in [-0.05, 0) is 12.8 Å². The van der Waals surface area contributed by atoms with Crippen LogP contribution in [0.2, 0.25) is 0 Å². The predicted octanol–water partition coefficient (Wildman–Crippen LogP) is 1.31. The molecule has 2 heteroatoms. The van der Waals surface area contributed by atoms with Gasteiger partial charge >= 0.3 is 0 Å². The topological polar surface area (TPSA) is 20.2 Å². The van der Waals surface area contributed by atoms with Crippen LogP contribution in [0, 0.1) is 31.1 Å². The van der Waals surface area contributed by atoms with Crippen LogP contribution in [0.1, 0.15) is 32.1 Å². The Balaban J connectivity index is 0.000000490. The molecule has 0 aromatic heterocycles. The first kappa shape index (κ1) is 9.01. The van der Waals surface area contributed by atoms with Gasteiger partial charge in [0.1, 0.15) is 0 Å². The summed E-state index contributed by atoms with van der Waals surface area (Å²) in [5, 5.41) is 8.91. The Morgan fingerprint density at radius 1 is 1.00 bits per heavy atom. The second-order valence-electron chi connectivity index (χ2n) is 2.29. The maximum absolute atomic E-state index is 8.91. The van der Waals surface area contributed by atoms with Gasteiger partial charge in [0.05, 0.1) is 6.10 Å². The van der Waals surface area contributed by atoms with E-state index in [1.54, 1.807) is 0 Å². The van der Waals surface area contributed by atoms with Crippen molar-refractivity contribution in [2.75, 3.05) is 0 Å². The van der Waals surface area contributed by atoms with Crippen LogP contribution in [0.4, 0.5) is 0 Å². The molecule has 0 radical (unpaired) electrons. The SMILES string of the molecule is OC1CCCCC1.[U]. The van der Waals surface area contributed by atoms with Gasteiger partial charge in [0, 0.05) is 31.1 Å². The van der Waals surface area contributed by atoms with E-state index >= 15 is 0 Å². The van der Waals surface area contributed by atoms with Crippen LogP contribution in [0.3, 0.4) is 0 Å². The van der Waals surface area contributed by atoms with E-state index < -0.39 is 0 Å². The first-order valence-electron chi connectivity index (χ1n) is 3.07. The summed E-state index contributed by atoms with van der Waals surface area (Å²) in [6.07, 6.45) is 5.92. The van der Waals surface area contributed by atoms with E-state index in [2.05, 4.69) is 0 Å². The molecule has 0 aromatic carbocycles. The first-order chi connectivity index (χ1) is 3.39. The minimum atomic E-state index is 0. The molecule has 1 fully saturated rings. The Bertz CT molecular complexity index is 50.5. The molecular weight excluding hydrogens is 326 g/mol. The van der Waals surface area contributed by atoms with Crippen molar-refractivity contribution in [1.29, 1.82) is 0 Å². The van der Waals surface area contributed by atoms with Gasteiger partial charge in [-0.3, -0.25) is 0 Å². The van der Waals surface area contributed by atoms with E-state index in [9.17, 15) is 0 Å². The average molecular weight is 338 g/mol. The van der Waals surface area contributed by atoms with Crippen molar-refractivity contribution in [3.8, 4) is 0 Å². The van der Waals surface area contributed by atoms with Crippen LogP contribution in [0.25, 0.3) is 0 Å². The van der Waals surface area contributed by atoms with E-state index in [1.165, 1.54) is 19.3 Å². The smallest absolute Gasteiger partial charge is 0.0540 e. The quantitative estimate of drug-likeness (QED) is 0.706. The molecule has 0 heterocycles. The Morgan fingerprint density at radius 3 is 1.75 bits per heavy atom. The molecule has 46 valence electrons. The molecule has 1 saturated carbocycles. The summed E-state index contributed by atoms with van der Waals surface area (Å²) in [6, 6.07) is 0. The fraction of sp³-hybridized carbons (Fsp3) is 1.00. The molecule has 8 heavy (non-hydrogen) atoms. The number of hydrogen-bond acceptors (Lipinski definition) is 1. The standard InChI is InChI=1S/C6H12O.U/c7-6-4-2-1-3-5-6;/h6-7H,1-5H2;. The molecule has 0 bridgehead atoms. The largest absolute Gasteiger partial charge is 0.393 e. The van der Waals surface area contributed by atoms with Gasteiger partial charge < -0.3 is 5.11 Å². The van der Waals surface area contributed by atoms with Crippen molar-refractivity contribution in [1.82, 2.24) is 0 Å². The van der Waals surface area contributed by atoms with Gasteiger partial charge in [-0.25, -0.2) is 0 Å². The average Bonchev–Trinajstić information content (AvgIpc) is 1.69. The summed E-state index contributed by atoms with van der Waals surface area (Å²) in [6.45, 7) is 0. The normalized spacial score (nSPS) is 22.1. The maximum atomic E-state index is 8.91. The van der Waals surface area contributed by atoms with Gasteiger partial charge in [0.15, 0.2) is 0 Å². The van der Waals surface area contributed by atoms with Crippen molar-refractivity contribution in [3.05, 3.63) is 0 Å². The molecule has 1 rings (SSSR count). The van der Waals surface area contributed by atoms with Crippen LogP contribution < -0.4 is 0 Å². The van der Waals surface area contributed by atoms with Crippen molar-refractivity contribution < 1.29 is 36.2 Å². The molecule has 1 aliphatic rings. The molecular formula is C6H12OU. The molecule has 0 spiro atoms. The molecule has 0 saturated heterocycles. The second-order valence-corrected chi connectivity index (χ2v) is 2.29. The Hall–Kier alpha value is 1.01. The zero-order chi connectivity index (χ0) is 5.11. The Labute approximate surface area is 74.2 Å². The van der Waals surface area contributed by atoms with Crippen LogP contribution in [-0.4, -0.2) is 11.2 Å². The summed E-state index contributed by atoms with van der Waals surface area (Å²) in [5.74, 6) is 0. The van der Waals surface area contributed by atoms with E-state index in [-0.39, 0.29) is 37.2 Å². The summed E-state index contributed by atoms with van der Waals surface area (Å²) in [5.41, 5.74) is 0. The summed E-state index contributed by atoms with van der Waals surface area (Å²) < 4.78 is 0. The summed E-state index contributed by atoms with van der Waals surface area (Å²) in [7, 11) is 0. The summed E-state index contributed by atoms with van der Waals surface area (Å²) in [4.78, 5) is 0. The van der Waals surface area contributed by atoms with E-state index in [0.29, 0.717) is 0 Å². The van der Waals surface area contributed by atoms with Crippen LogP contribution in [0.5, 0.6) is 0 Å². The fourth-order valence-corrected chi connectivity index (χ4v) is 1.08. The Morgan fingerprint density at radius 2 is 1.50 bits per heavy atom. The van der Waals surface area contributed by atoms with Gasteiger partial charge in [-0.2, -0.15) is 0 Å². The third-order valence-corrected chi connectivity index (χ3v) is 1.57. The first-order valence-corrected chi connectivity index (χ1v) is 3.07. The van der Waals surface area contributed by atoms with Gasteiger partial charge in [-0.1, -0.05) is 19.3 Å². The van der Waals surface area contributed by atoms with E-state index in [4.69, 9.17) is 5.11 Å². The second kappa shape index (κ2) is 4.85. The Kier molecular flexibility index (Phi) is 5.46. The summed E-state index contributed by atoms with van der Waals surface area (Å²) >= 11 is 0. The van der Waals surface area contributed by atoms with E-state index in [1.807, 2.05) is 0 Å². The molecule has 1 aliphatic carbocycles. The van der Waals surface area contributed by atoms with Crippen molar-refractivity contribution in [3.63, 3.8) is 0 Å². The van der Waals surface area contributed by atoms with Crippen LogP contribution >= 0.6 is 0 Å². The maximum Gasteiger partial charge on any atom is 0.0540 e. The molecule has 0 unspecified atom stereocenters. The van der Waals surface area contributed by atoms with Crippen molar-refractivity contribution >= 4 is 0 Å². The van der Waals surface area contributed by atoms with Crippen LogP contribution in [-0.2, 0) is 0 Å². The third kappa shape index (κ3) is 3.12. The fourth-order valence-electron chi connectivity index (χ4n) is 1.08. The molecule has 0 atom stereocenters.